The van der Waals surface area contributed by atoms with Gasteiger partial charge in [-0.25, -0.2) is 4.79 Å². The largest absolute Gasteiger partial charge is 0.496 e. The van der Waals surface area contributed by atoms with Gasteiger partial charge in [-0.2, -0.15) is 0 Å². The predicted molar refractivity (Wildman–Crippen MR) is 55.6 cm³/mol. The van der Waals surface area contributed by atoms with Gasteiger partial charge in [-0.1, -0.05) is 6.07 Å². The molecule has 2 rings (SSSR count). The fourth-order valence-corrected chi connectivity index (χ4v) is 1.46. The first-order chi connectivity index (χ1) is 7.26. The van der Waals surface area contributed by atoms with Crippen LogP contribution in [0, 0.1) is 0 Å². The van der Waals surface area contributed by atoms with Gasteiger partial charge in [0.1, 0.15) is 5.75 Å². The standard InChI is InChI=1S/C11H10O4/c1-13-8-5-3-4-7-9(14-2)6-10(12)15-11(7)8/h3-6H,1-2H3. The highest BCUT2D eigenvalue weighted by Crippen LogP contribution is 2.29. The van der Waals surface area contributed by atoms with Gasteiger partial charge in [0, 0.05) is 0 Å². The van der Waals surface area contributed by atoms with Crippen molar-refractivity contribution in [3.8, 4) is 11.5 Å². The molecular weight excluding hydrogens is 196 g/mol. The number of hydrogen-bond donors (Lipinski definition) is 0. The molecule has 0 spiro atoms. The van der Waals surface area contributed by atoms with Gasteiger partial charge < -0.3 is 13.9 Å². The summed E-state index contributed by atoms with van der Waals surface area (Å²) >= 11 is 0. The quantitative estimate of drug-likeness (QED) is 0.703. The maximum Gasteiger partial charge on any atom is 0.340 e. The molecule has 0 N–H and O–H groups in total. The second-order valence-electron chi connectivity index (χ2n) is 2.97. The molecule has 0 atom stereocenters. The van der Waals surface area contributed by atoms with Gasteiger partial charge in [0.25, 0.3) is 0 Å². The Hall–Kier alpha value is -1.97. The molecule has 1 heterocycles. The summed E-state index contributed by atoms with van der Waals surface area (Å²) in [6.45, 7) is 0. The van der Waals surface area contributed by atoms with Crippen LogP contribution in [0.2, 0.25) is 0 Å². The van der Waals surface area contributed by atoms with Gasteiger partial charge in [0.15, 0.2) is 11.3 Å². The van der Waals surface area contributed by atoms with Crippen LogP contribution in [-0.2, 0) is 0 Å². The molecule has 4 nitrogen and oxygen atoms in total. The highest BCUT2D eigenvalue weighted by Gasteiger charge is 2.09. The Kier molecular flexibility index (Phi) is 2.33. The Balaban J connectivity index is 2.88. The molecule has 0 bridgehead atoms. The normalized spacial score (nSPS) is 10.3. The zero-order valence-corrected chi connectivity index (χ0v) is 8.44. The molecule has 2 aromatic rings. The molecular formula is C11H10O4. The van der Waals surface area contributed by atoms with Crippen LogP contribution in [0.4, 0.5) is 0 Å². The third-order valence-corrected chi connectivity index (χ3v) is 2.14. The van der Waals surface area contributed by atoms with Crippen LogP contribution in [0.5, 0.6) is 11.5 Å². The molecule has 0 saturated carbocycles. The number of ether oxygens (including phenoxy) is 2. The third-order valence-electron chi connectivity index (χ3n) is 2.14. The lowest BCUT2D eigenvalue weighted by Gasteiger charge is -2.06. The van der Waals surface area contributed by atoms with Crippen molar-refractivity contribution in [2.45, 2.75) is 0 Å². The van der Waals surface area contributed by atoms with Gasteiger partial charge in [-0.15, -0.1) is 0 Å². The van der Waals surface area contributed by atoms with E-state index in [1.165, 1.54) is 20.3 Å². The maximum absolute atomic E-state index is 11.2. The minimum absolute atomic E-state index is 0.407. The molecule has 0 aliphatic rings. The van der Waals surface area contributed by atoms with Crippen molar-refractivity contribution < 1.29 is 13.9 Å². The summed E-state index contributed by atoms with van der Waals surface area (Å²) in [7, 11) is 3.03. The van der Waals surface area contributed by atoms with Gasteiger partial charge in [-0.05, 0) is 12.1 Å². The van der Waals surface area contributed by atoms with Crippen LogP contribution in [0.1, 0.15) is 0 Å². The van der Waals surface area contributed by atoms with Crippen LogP contribution in [-0.4, -0.2) is 14.2 Å². The molecule has 0 radical (unpaired) electrons. The molecule has 15 heavy (non-hydrogen) atoms. The lowest BCUT2D eigenvalue weighted by atomic mass is 10.2. The van der Waals surface area contributed by atoms with Crippen molar-refractivity contribution in [3.63, 3.8) is 0 Å². The monoisotopic (exact) mass is 206 g/mol. The molecule has 0 aliphatic heterocycles. The van der Waals surface area contributed by atoms with E-state index in [1.807, 2.05) is 6.07 Å². The van der Waals surface area contributed by atoms with E-state index < -0.39 is 5.63 Å². The summed E-state index contributed by atoms with van der Waals surface area (Å²) in [6, 6.07) is 6.65. The van der Waals surface area contributed by atoms with Crippen LogP contribution < -0.4 is 15.1 Å². The SMILES string of the molecule is COc1cc(=O)oc2c(OC)cccc12. The molecule has 1 aromatic heterocycles. The molecule has 0 aliphatic carbocycles. The smallest absolute Gasteiger partial charge is 0.340 e. The van der Waals surface area contributed by atoms with Gasteiger partial charge >= 0.3 is 5.63 Å². The second kappa shape index (κ2) is 3.65. The Morgan fingerprint density at radius 2 is 1.87 bits per heavy atom. The first-order valence-electron chi connectivity index (χ1n) is 4.41. The topological polar surface area (TPSA) is 48.7 Å². The molecule has 0 amide bonds. The first-order valence-corrected chi connectivity index (χ1v) is 4.41. The van der Waals surface area contributed by atoms with Crippen molar-refractivity contribution in [2.24, 2.45) is 0 Å². The molecule has 1 aromatic carbocycles. The van der Waals surface area contributed by atoms with Crippen molar-refractivity contribution in [1.29, 1.82) is 0 Å². The van der Waals surface area contributed by atoms with Crippen LogP contribution in [0.3, 0.4) is 0 Å². The van der Waals surface area contributed by atoms with E-state index in [9.17, 15) is 4.79 Å². The zero-order valence-electron chi connectivity index (χ0n) is 8.44. The maximum atomic E-state index is 11.2. The van der Waals surface area contributed by atoms with Crippen LogP contribution >= 0.6 is 0 Å². The number of rotatable bonds is 2. The summed E-state index contributed by atoms with van der Waals surface area (Å²) < 4.78 is 15.3. The number of para-hydroxylation sites is 1. The third kappa shape index (κ3) is 1.54. The van der Waals surface area contributed by atoms with E-state index in [1.54, 1.807) is 12.1 Å². The van der Waals surface area contributed by atoms with Crippen molar-refractivity contribution in [1.82, 2.24) is 0 Å². The number of hydrogen-bond acceptors (Lipinski definition) is 4. The molecule has 0 fully saturated rings. The van der Waals surface area contributed by atoms with E-state index in [-0.39, 0.29) is 0 Å². The minimum Gasteiger partial charge on any atom is -0.496 e. The van der Waals surface area contributed by atoms with Crippen LogP contribution in [0.25, 0.3) is 11.0 Å². The second-order valence-corrected chi connectivity index (χ2v) is 2.97. The van der Waals surface area contributed by atoms with E-state index in [4.69, 9.17) is 13.9 Å². The molecule has 4 heteroatoms. The lowest BCUT2D eigenvalue weighted by Crippen LogP contribution is -1.99. The van der Waals surface area contributed by atoms with E-state index in [0.29, 0.717) is 17.1 Å². The fraction of sp³-hybridized carbons (Fsp3) is 0.182. The Bertz CT molecular complexity index is 542. The van der Waals surface area contributed by atoms with Crippen molar-refractivity contribution in [2.75, 3.05) is 14.2 Å². The highest BCUT2D eigenvalue weighted by molar-refractivity contribution is 5.87. The first kappa shape index (κ1) is 9.58. The predicted octanol–water partition coefficient (Wildman–Crippen LogP) is 1.81. The Labute approximate surface area is 86.0 Å². The minimum atomic E-state index is -0.455. The highest BCUT2D eigenvalue weighted by atomic mass is 16.5. The Morgan fingerprint density at radius 1 is 1.13 bits per heavy atom. The van der Waals surface area contributed by atoms with E-state index >= 15 is 0 Å². The van der Waals surface area contributed by atoms with Crippen molar-refractivity contribution in [3.05, 3.63) is 34.7 Å². The average Bonchev–Trinajstić information content (AvgIpc) is 2.27. The molecule has 0 unspecified atom stereocenters. The van der Waals surface area contributed by atoms with Gasteiger partial charge in [0.05, 0.1) is 25.7 Å². The molecule has 0 saturated heterocycles. The molecule has 78 valence electrons. The van der Waals surface area contributed by atoms with Crippen LogP contribution in [0.15, 0.2) is 33.5 Å². The summed E-state index contributed by atoms with van der Waals surface area (Å²) in [6.07, 6.45) is 0. The Morgan fingerprint density at radius 3 is 2.53 bits per heavy atom. The van der Waals surface area contributed by atoms with E-state index in [2.05, 4.69) is 0 Å². The summed E-state index contributed by atoms with van der Waals surface area (Å²) in [5, 5.41) is 0.719. The van der Waals surface area contributed by atoms with Crippen molar-refractivity contribution >= 4 is 11.0 Å². The lowest BCUT2D eigenvalue weighted by molar-refractivity contribution is 0.398. The summed E-state index contributed by atoms with van der Waals surface area (Å²) in [4.78, 5) is 11.2. The average molecular weight is 206 g/mol. The number of benzene rings is 1. The van der Waals surface area contributed by atoms with E-state index in [0.717, 1.165) is 5.39 Å². The number of fused-ring (bicyclic) bond motifs is 1. The zero-order chi connectivity index (χ0) is 10.8. The van der Waals surface area contributed by atoms with Gasteiger partial charge in [-0.3, -0.25) is 0 Å². The fourth-order valence-electron chi connectivity index (χ4n) is 1.46. The summed E-state index contributed by atoms with van der Waals surface area (Å²) in [5.41, 5.74) is -0.0480. The summed E-state index contributed by atoms with van der Waals surface area (Å²) in [5.74, 6) is 1.00. The number of methoxy groups -OCH3 is 2. The van der Waals surface area contributed by atoms with Gasteiger partial charge in [0.2, 0.25) is 0 Å².